The zero-order valence-electron chi connectivity index (χ0n) is 20.7. The van der Waals surface area contributed by atoms with Crippen molar-refractivity contribution in [2.45, 2.75) is 64.2 Å². The number of rotatable bonds is 2. The Morgan fingerprint density at radius 1 is 0.529 bits per heavy atom. The van der Waals surface area contributed by atoms with Crippen LogP contribution >= 0.6 is 0 Å². The van der Waals surface area contributed by atoms with Crippen LogP contribution < -0.4 is 0 Å². The SMILES string of the molecule is O=C(N1CCOCCN(C(=O)C23CC4CC(C2)C(C4)C3)CCOCC1)C12CC3CC(C1)C(C3)C2. The van der Waals surface area contributed by atoms with Crippen molar-refractivity contribution in [3.05, 3.63) is 0 Å². The van der Waals surface area contributed by atoms with Gasteiger partial charge in [-0.05, 0) is 99.7 Å². The van der Waals surface area contributed by atoms with Gasteiger partial charge in [-0.1, -0.05) is 0 Å². The summed E-state index contributed by atoms with van der Waals surface area (Å²) in [6, 6.07) is 0. The van der Waals surface area contributed by atoms with Crippen molar-refractivity contribution < 1.29 is 19.1 Å². The summed E-state index contributed by atoms with van der Waals surface area (Å²) in [7, 11) is 0. The van der Waals surface area contributed by atoms with Gasteiger partial charge in [0.2, 0.25) is 11.8 Å². The zero-order chi connectivity index (χ0) is 22.9. The Morgan fingerprint density at radius 3 is 1.15 bits per heavy atom. The van der Waals surface area contributed by atoms with Crippen LogP contribution in [-0.4, -0.2) is 74.2 Å². The number of carbonyl (C=O) groups is 2. The first-order valence-corrected chi connectivity index (χ1v) is 14.3. The molecule has 6 nitrogen and oxygen atoms in total. The summed E-state index contributed by atoms with van der Waals surface area (Å²) in [6.07, 6.45) is 12.2. The molecule has 4 atom stereocenters. The van der Waals surface area contributed by atoms with E-state index in [0.29, 0.717) is 64.4 Å². The maximum absolute atomic E-state index is 13.7. The Morgan fingerprint density at radius 2 is 0.853 bits per heavy atom. The molecule has 2 amide bonds. The van der Waals surface area contributed by atoms with E-state index in [4.69, 9.17) is 9.47 Å². The van der Waals surface area contributed by atoms with Crippen LogP contribution in [-0.2, 0) is 19.1 Å². The first-order valence-electron chi connectivity index (χ1n) is 14.3. The van der Waals surface area contributed by atoms with E-state index in [0.717, 1.165) is 74.0 Å². The van der Waals surface area contributed by atoms with Crippen molar-refractivity contribution in [3.8, 4) is 0 Å². The number of amides is 2. The highest BCUT2D eigenvalue weighted by atomic mass is 16.5. The Bertz CT molecular complexity index is 725. The lowest BCUT2D eigenvalue weighted by molar-refractivity contribution is -0.148. The second kappa shape index (κ2) is 8.19. The summed E-state index contributed by atoms with van der Waals surface area (Å²) in [5, 5.41) is 0. The van der Waals surface area contributed by atoms with Crippen molar-refractivity contribution in [1.29, 1.82) is 0 Å². The minimum atomic E-state index is -0.0874. The van der Waals surface area contributed by atoms with Crippen LogP contribution in [0.15, 0.2) is 0 Å². The van der Waals surface area contributed by atoms with E-state index in [2.05, 4.69) is 0 Å². The summed E-state index contributed by atoms with van der Waals surface area (Å²) >= 11 is 0. The molecule has 9 rings (SSSR count). The summed E-state index contributed by atoms with van der Waals surface area (Å²) < 4.78 is 12.1. The molecule has 0 N–H and O–H groups in total. The lowest BCUT2D eigenvalue weighted by Gasteiger charge is -2.41. The molecule has 4 unspecified atom stereocenters. The first kappa shape index (κ1) is 22.1. The lowest BCUT2D eigenvalue weighted by Crippen LogP contribution is -2.49. The zero-order valence-corrected chi connectivity index (χ0v) is 20.7. The predicted octanol–water partition coefficient (Wildman–Crippen LogP) is 3.34. The third-order valence-electron chi connectivity index (χ3n) is 11.4. The molecule has 34 heavy (non-hydrogen) atoms. The molecular weight excluding hydrogens is 428 g/mol. The van der Waals surface area contributed by atoms with E-state index < -0.39 is 0 Å². The molecule has 8 aliphatic carbocycles. The molecule has 0 spiro atoms. The Kier molecular flexibility index (Phi) is 5.32. The van der Waals surface area contributed by atoms with Crippen LogP contribution in [0.4, 0.5) is 0 Å². The quantitative estimate of drug-likeness (QED) is 0.621. The molecule has 1 heterocycles. The average molecular weight is 471 g/mol. The highest BCUT2D eigenvalue weighted by Gasteiger charge is 2.61. The molecule has 1 saturated heterocycles. The van der Waals surface area contributed by atoms with Gasteiger partial charge < -0.3 is 19.3 Å². The molecule has 0 aromatic rings. The smallest absolute Gasteiger partial charge is 0.228 e. The van der Waals surface area contributed by atoms with Crippen molar-refractivity contribution >= 4 is 11.8 Å². The van der Waals surface area contributed by atoms with Crippen LogP contribution in [0.1, 0.15) is 64.2 Å². The van der Waals surface area contributed by atoms with Crippen LogP contribution in [0.2, 0.25) is 0 Å². The number of carbonyl (C=O) groups excluding carboxylic acids is 2. The van der Waals surface area contributed by atoms with Gasteiger partial charge in [0.15, 0.2) is 0 Å². The Balaban J connectivity index is 0.965. The number of nitrogens with zero attached hydrogens (tertiary/aromatic N) is 2. The van der Waals surface area contributed by atoms with E-state index in [9.17, 15) is 9.59 Å². The summed E-state index contributed by atoms with van der Waals surface area (Å²) in [5.41, 5.74) is -0.175. The van der Waals surface area contributed by atoms with Gasteiger partial charge in [0, 0.05) is 26.2 Å². The van der Waals surface area contributed by atoms with Crippen LogP contribution in [0.3, 0.4) is 0 Å². The topological polar surface area (TPSA) is 59.1 Å². The maximum atomic E-state index is 13.7. The summed E-state index contributed by atoms with van der Waals surface area (Å²) in [6.45, 7) is 4.80. The Labute approximate surface area is 204 Å². The monoisotopic (exact) mass is 470 g/mol. The lowest BCUT2D eigenvalue weighted by atomic mass is 9.68. The second-order valence-electron chi connectivity index (χ2n) is 13.3. The third-order valence-corrected chi connectivity index (χ3v) is 11.4. The van der Waals surface area contributed by atoms with E-state index in [1.807, 2.05) is 9.80 Å². The van der Waals surface area contributed by atoms with Crippen molar-refractivity contribution in [2.24, 2.45) is 46.3 Å². The van der Waals surface area contributed by atoms with E-state index in [1.54, 1.807) is 0 Å². The second-order valence-corrected chi connectivity index (χ2v) is 13.3. The molecular formula is C28H42N2O4. The fraction of sp³-hybridized carbons (Fsp3) is 0.929. The standard InChI is InChI=1S/C28H42N2O4/c31-25(27-13-19-9-21(15-27)22(10-19)16-27)29-1-5-33-7-3-30(4-8-34-6-2-29)26(32)28-14-20-11-23(17-28)24(12-20)18-28/h19-24H,1-18H2. The molecule has 0 radical (unpaired) electrons. The van der Waals surface area contributed by atoms with Gasteiger partial charge in [-0.15, -0.1) is 0 Å². The predicted molar refractivity (Wildman–Crippen MR) is 127 cm³/mol. The van der Waals surface area contributed by atoms with Crippen LogP contribution in [0, 0.1) is 46.3 Å². The van der Waals surface area contributed by atoms with Gasteiger partial charge in [0.1, 0.15) is 0 Å². The summed E-state index contributed by atoms with van der Waals surface area (Å²) in [4.78, 5) is 31.5. The van der Waals surface area contributed by atoms with Crippen molar-refractivity contribution in [2.75, 3.05) is 52.6 Å². The van der Waals surface area contributed by atoms with Gasteiger partial charge in [-0.25, -0.2) is 0 Å². The van der Waals surface area contributed by atoms with Crippen LogP contribution in [0.5, 0.6) is 0 Å². The van der Waals surface area contributed by atoms with Gasteiger partial charge in [0.25, 0.3) is 0 Å². The molecule has 6 heteroatoms. The fourth-order valence-electron chi connectivity index (χ4n) is 10.3. The maximum Gasteiger partial charge on any atom is 0.228 e. The first-order chi connectivity index (χ1) is 16.5. The Hall–Kier alpha value is -1.14. The number of hydrogen-bond acceptors (Lipinski definition) is 4. The minimum absolute atomic E-state index is 0.0874. The highest BCUT2D eigenvalue weighted by molar-refractivity contribution is 5.84. The molecule has 0 aromatic carbocycles. The molecule has 9 aliphatic rings. The van der Waals surface area contributed by atoms with Crippen molar-refractivity contribution in [1.82, 2.24) is 9.80 Å². The summed E-state index contributed by atoms with van der Waals surface area (Å²) in [5.74, 6) is 5.52. The number of ether oxygens (including phenoxy) is 2. The molecule has 188 valence electrons. The number of hydrogen-bond donors (Lipinski definition) is 0. The van der Waals surface area contributed by atoms with Gasteiger partial charge >= 0.3 is 0 Å². The molecule has 1 aliphatic heterocycles. The molecule has 9 fully saturated rings. The van der Waals surface area contributed by atoms with Gasteiger partial charge in [-0.3, -0.25) is 9.59 Å². The van der Waals surface area contributed by atoms with E-state index >= 15 is 0 Å². The fourth-order valence-corrected chi connectivity index (χ4v) is 10.3. The largest absolute Gasteiger partial charge is 0.378 e. The highest BCUT2D eigenvalue weighted by Crippen LogP contribution is 2.65. The van der Waals surface area contributed by atoms with Gasteiger partial charge in [-0.2, -0.15) is 0 Å². The molecule has 8 bridgehead atoms. The minimum Gasteiger partial charge on any atom is -0.378 e. The van der Waals surface area contributed by atoms with E-state index in [1.165, 1.54) is 25.7 Å². The van der Waals surface area contributed by atoms with Crippen molar-refractivity contribution in [3.63, 3.8) is 0 Å². The van der Waals surface area contributed by atoms with E-state index in [-0.39, 0.29) is 10.8 Å². The third kappa shape index (κ3) is 3.48. The molecule has 0 aromatic heterocycles. The van der Waals surface area contributed by atoms with Crippen LogP contribution in [0.25, 0.3) is 0 Å². The molecule has 8 saturated carbocycles. The normalized spacial score (nSPS) is 47.8. The van der Waals surface area contributed by atoms with Gasteiger partial charge in [0.05, 0.1) is 37.3 Å². The average Bonchev–Trinajstić information content (AvgIpc) is 3.44.